The zero-order chi connectivity index (χ0) is 17.6. The lowest BCUT2D eigenvalue weighted by atomic mass is 10.0. The lowest BCUT2D eigenvalue weighted by molar-refractivity contribution is 0.578. The number of thiocarbonyl (C=S) groups is 1. The number of piperidine rings is 1. The average Bonchev–Trinajstić information content (AvgIpc) is 2.63. The maximum Gasteiger partial charge on any atom is 0.175 e. The van der Waals surface area contributed by atoms with Crippen LogP contribution >= 0.6 is 12.2 Å². The van der Waals surface area contributed by atoms with Crippen molar-refractivity contribution < 1.29 is 0 Å². The SMILES string of the molecule is CC(C)c1ccccc1NC(=S)Nc1ccccc1N1CCCCC1. The summed E-state index contributed by atoms with van der Waals surface area (Å²) in [6.07, 6.45) is 3.86. The van der Waals surface area contributed by atoms with E-state index >= 15 is 0 Å². The van der Waals surface area contributed by atoms with Crippen LogP contribution in [0.3, 0.4) is 0 Å². The maximum atomic E-state index is 5.58. The Bertz CT molecular complexity index is 721. The second kappa shape index (κ2) is 8.34. The molecule has 1 aliphatic heterocycles. The van der Waals surface area contributed by atoms with Gasteiger partial charge in [-0.1, -0.05) is 44.2 Å². The first-order valence-electron chi connectivity index (χ1n) is 9.16. The minimum atomic E-state index is 0.451. The molecule has 0 atom stereocenters. The highest BCUT2D eigenvalue weighted by Gasteiger charge is 2.15. The molecule has 1 fully saturated rings. The van der Waals surface area contributed by atoms with Crippen LogP contribution in [0.2, 0.25) is 0 Å². The van der Waals surface area contributed by atoms with E-state index in [4.69, 9.17) is 12.2 Å². The second-order valence-corrected chi connectivity index (χ2v) is 7.29. The number of hydrogen-bond donors (Lipinski definition) is 2. The number of benzene rings is 2. The first-order chi connectivity index (χ1) is 12.1. The summed E-state index contributed by atoms with van der Waals surface area (Å²) in [4.78, 5) is 2.45. The molecule has 1 saturated heterocycles. The van der Waals surface area contributed by atoms with Crippen molar-refractivity contribution in [2.45, 2.75) is 39.0 Å². The number of anilines is 3. The van der Waals surface area contributed by atoms with Crippen LogP contribution in [0.4, 0.5) is 17.1 Å². The van der Waals surface area contributed by atoms with Gasteiger partial charge in [0.2, 0.25) is 0 Å². The molecule has 2 aromatic rings. The number of para-hydroxylation sites is 3. The topological polar surface area (TPSA) is 27.3 Å². The molecule has 2 aromatic carbocycles. The maximum absolute atomic E-state index is 5.58. The Balaban J connectivity index is 1.74. The third-order valence-electron chi connectivity index (χ3n) is 4.68. The lowest BCUT2D eigenvalue weighted by Gasteiger charge is -2.30. The highest BCUT2D eigenvalue weighted by Crippen LogP contribution is 2.29. The zero-order valence-electron chi connectivity index (χ0n) is 15.1. The van der Waals surface area contributed by atoms with Crippen molar-refractivity contribution in [2.24, 2.45) is 0 Å². The average molecular weight is 354 g/mol. The summed E-state index contributed by atoms with van der Waals surface area (Å²) in [5, 5.41) is 7.41. The van der Waals surface area contributed by atoms with Crippen LogP contribution in [0.25, 0.3) is 0 Å². The smallest absolute Gasteiger partial charge is 0.175 e. The van der Waals surface area contributed by atoms with E-state index in [2.05, 4.69) is 71.8 Å². The van der Waals surface area contributed by atoms with Gasteiger partial charge in [-0.3, -0.25) is 0 Å². The highest BCUT2D eigenvalue weighted by atomic mass is 32.1. The van der Waals surface area contributed by atoms with Gasteiger partial charge in [0, 0.05) is 18.8 Å². The first-order valence-corrected chi connectivity index (χ1v) is 9.57. The van der Waals surface area contributed by atoms with Gasteiger partial charge in [-0.25, -0.2) is 0 Å². The number of nitrogens with one attached hydrogen (secondary N) is 2. The molecule has 3 rings (SSSR count). The van der Waals surface area contributed by atoms with E-state index < -0.39 is 0 Å². The summed E-state index contributed by atoms with van der Waals surface area (Å²) in [7, 11) is 0. The Morgan fingerprint density at radius 2 is 1.48 bits per heavy atom. The Morgan fingerprint density at radius 1 is 0.880 bits per heavy atom. The zero-order valence-corrected chi connectivity index (χ0v) is 15.9. The molecule has 0 aromatic heterocycles. The Labute approximate surface area is 156 Å². The van der Waals surface area contributed by atoms with Crippen molar-refractivity contribution in [1.82, 2.24) is 0 Å². The molecule has 0 aliphatic carbocycles. The molecule has 3 nitrogen and oxygen atoms in total. The fraction of sp³-hybridized carbons (Fsp3) is 0.381. The molecule has 0 amide bonds. The van der Waals surface area contributed by atoms with Gasteiger partial charge in [-0.15, -0.1) is 0 Å². The fourth-order valence-corrected chi connectivity index (χ4v) is 3.60. The van der Waals surface area contributed by atoms with E-state index in [9.17, 15) is 0 Å². The number of nitrogens with zero attached hydrogens (tertiary/aromatic N) is 1. The van der Waals surface area contributed by atoms with Gasteiger partial charge in [-0.05, 0) is 61.2 Å². The molecule has 2 N–H and O–H groups in total. The van der Waals surface area contributed by atoms with Crippen molar-refractivity contribution >= 4 is 34.4 Å². The van der Waals surface area contributed by atoms with E-state index in [0.717, 1.165) is 24.5 Å². The van der Waals surface area contributed by atoms with Crippen molar-refractivity contribution in [2.75, 3.05) is 28.6 Å². The van der Waals surface area contributed by atoms with Crippen LogP contribution in [0.5, 0.6) is 0 Å². The largest absolute Gasteiger partial charge is 0.370 e. The summed E-state index contributed by atoms with van der Waals surface area (Å²) < 4.78 is 0. The van der Waals surface area contributed by atoms with Crippen molar-refractivity contribution in [3.05, 3.63) is 54.1 Å². The molecule has 4 heteroatoms. The van der Waals surface area contributed by atoms with E-state index in [0.29, 0.717) is 11.0 Å². The molecular weight excluding hydrogens is 326 g/mol. The Hall–Kier alpha value is -2.07. The third-order valence-corrected chi connectivity index (χ3v) is 4.88. The van der Waals surface area contributed by atoms with Gasteiger partial charge < -0.3 is 15.5 Å². The van der Waals surface area contributed by atoms with Gasteiger partial charge in [-0.2, -0.15) is 0 Å². The van der Waals surface area contributed by atoms with Crippen molar-refractivity contribution in [3.63, 3.8) is 0 Å². The molecule has 0 saturated carbocycles. The van der Waals surface area contributed by atoms with E-state index in [1.54, 1.807) is 0 Å². The fourth-order valence-electron chi connectivity index (χ4n) is 3.38. The van der Waals surface area contributed by atoms with Crippen LogP contribution in [-0.4, -0.2) is 18.2 Å². The van der Waals surface area contributed by atoms with Crippen LogP contribution in [0.15, 0.2) is 48.5 Å². The van der Waals surface area contributed by atoms with E-state index in [1.807, 2.05) is 6.07 Å². The summed E-state index contributed by atoms with van der Waals surface area (Å²) in [6.45, 7) is 6.63. The van der Waals surface area contributed by atoms with Crippen LogP contribution < -0.4 is 15.5 Å². The summed E-state index contributed by atoms with van der Waals surface area (Å²) in [6, 6.07) is 16.8. The lowest BCUT2D eigenvalue weighted by Crippen LogP contribution is -2.30. The monoisotopic (exact) mass is 353 g/mol. The number of rotatable bonds is 4. The molecule has 0 radical (unpaired) electrons. The molecule has 0 unspecified atom stereocenters. The van der Waals surface area contributed by atoms with E-state index in [-0.39, 0.29) is 0 Å². The second-order valence-electron chi connectivity index (χ2n) is 6.89. The first kappa shape index (κ1) is 17.7. The minimum absolute atomic E-state index is 0.451. The molecule has 132 valence electrons. The third kappa shape index (κ3) is 4.51. The summed E-state index contributed by atoms with van der Waals surface area (Å²) >= 11 is 5.58. The van der Waals surface area contributed by atoms with Crippen molar-refractivity contribution in [1.29, 1.82) is 0 Å². The normalized spacial score (nSPS) is 14.4. The predicted octanol–water partition coefficient (Wildman–Crippen LogP) is 5.61. The van der Waals surface area contributed by atoms with Crippen molar-refractivity contribution in [3.8, 4) is 0 Å². The molecule has 1 aliphatic rings. The van der Waals surface area contributed by atoms with Gasteiger partial charge in [0.15, 0.2) is 5.11 Å². The molecule has 1 heterocycles. The Morgan fingerprint density at radius 3 is 2.20 bits per heavy atom. The van der Waals surface area contributed by atoms with Crippen LogP contribution in [0, 0.1) is 0 Å². The summed E-state index contributed by atoms with van der Waals surface area (Å²) in [5.74, 6) is 0.451. The van der Waals surface area contributed by atoms with Gasteiger partial charge >= 0.3 is 0 Å². The predicted molar refractivity (Wildman–Crippen MR) is 113 cm³/mol. The van der Waals surface area contributed by atoms with Gasteiger partial charge in [0.25, 0.3) is 0 Å². The standard InChI is InChI=1S/C21H27N3S/c1-16(2)17-10-4-5-11-18(17)22-21(25)23-19-12-6-7-13-20(19)24-14-8-3-9-15-24/h4-7,10-13,16H,3,8-9,14-15H2,1-2H3,(H2,22,23,25). The molecular formula is C21H27N3S. The number of hydrogen-bond acceptors (Lipinski definition) is 2. The summed E-state index contributed by atoms with van der Waals surface area (Å²) in [5.41, 5.74) is 4.66. The molecule has 0 spiro atoms. The minimum Gasteiger partial charge on any atom is -0.370 e. The van der Waals surface area contributed by atoms with Gasteiger partial charge in [0.05, 0.1) is 11.4 Å². The Kier molecular flexibility index (Phi) is 5.92. The molecule has 25 heavy (non-hydrogen) atoms. The van der Waals surface area contributed by atoms with E-state index in [1.165, 1.54) is 30.5 Å². The van der Waals surface area contributed by atoms with Gasteiger partial charge in [0.1, 0.15) is 0 Å². The highest BCUT2D eigenvalue weighted by molar-refractivity contribution is 7.80. The quantitative estimate of drug-likeness (QED) is 0.699. The van der Waals surface area contributed by atoms with Crippen LogP contribution in [0.1, 0.15) is 44.6 Å². The molecule has 0 bridgehead atoms. The van der Waals surface area contributed by atoms with Crippen LogP contribution in [-0.2, 0) is 0 Å².